The first kappa shape index (κ1) is 7.35. The second kappa shape index (κ2) is 2.46. The first-order chi connectivity index (χ1) is 4.15. The predicted molar refractivity (Wildman–Crippen MR) is 40.9 cm³/mol. The van der Waals surface area contributed by atoms with Crippen LogP contribution in [-0.4, -0.2) is 15.4 Å². The molecule has 0 heterocycles. The van der Waals surface area contributed by atoms with Crippen LogP contribution in [-0.2, 0) is 4.79 Å². The molecule has 0 bridgehead atoms. The van der Waals surface area contributed by atoms with Gasteiger partial charge in [-0.3, -0.25) is 4.79 Å². The molecule has 0 aromatic rings. The van der Waals surface area contributed by atoms with E-state index in [1.807, 2.05) is 0 Å². The fraction of sp³-hybridized carbons (Fsp3) is 0.833. The highest BCUT2D eigenvalue weighted by molar-refractivity contribution is 7.97. The number of rotatable bonds is 1. The molecule has 1 nitrogen and oxygen atoms in total. The van der Waals surface area contributed by atoms with Crippen LogP contribution < -0.4 is 0 Å². The highest BCUT2D eigenvalue weighted by Gasteiger charge is 2.33. The van der Waals surface area contributed by atoms with Gasteiger partial charge in [0, 0.05) is 15.3 Å². The van der Waals surface area contributed by atoms with Gasteiger partial charge in [0.1, 0.15) is 0 Å². The van der Waals surface area contributed by atoms with Crippen molar-refractivity contribution < 1.29 is 4.79 Å². The summed E-state index contributed by atoms with van der Waals surface area (Å²) < 4.78 is 0. The molecular weight excluding hydrogens is 148 g/mol. The van der Waals surface area contributed by atoms with E-state index in [4.69, 9.17) is 0 Å². The zero-order chi connectivity index (χ0) is 6.91. The van der Waals surface area contributed by atoms with E-state index >= 15 is 0 Å². The van der Waals surface area contributed by atoms with Crippen LogP contribution in [0, 0.1) is 0 Å². The van der Waals surface area contributed by atoms with Gasteiger partial charge in [0.05, 0.1) is 0 Å². The van der Waals surface area contributed by atoms with Crippen LogP contribution in [0.15, 0.2) is 0 Å². The molecule has 1 rings (SSSR count). The van der Waals surface area contributed by atoms with Gasteiger partial charge in [-0.25, -0.2) is 0 Å². The summed E-state index contributed by atoms with van der Waals surface area (Å²) in [4.78, 5) is 10.8. The van der Waals surface area contributed by atoms with E-state index < -0.39 is 0 Å². The molecule has 0 aliphatic heterocycles. The molecule has 1 fully saturated rings. The van der Waals surface area contributed by atoms with Crippen molar-refractivity contribution in [1.29, 1.82) is 0 Å². The van der Waals surface area contributed by atoms with Crippen molar-refractivity contribution in [3.8, 4) is 0 Å². The number of hydrogen-bond acceptors (Lipinski definition) is 1. The maximum Gasteiger partial charge on any atom is 0.188 e. The highest BCUT2D eigenvalue weighted by atomic mass is 32.1. The van der Waals surface area contributed by atoms with E-state index in [9.17, 15) is 4.79 Å². The Morgan fingerprint density at radius 1 is 1.44 bits per heavy atom. The quantitative estimate of drug-likeness (QED) is 0.449. The van der Waals surface area contributed by atoms with Crippen LogP contribution in [0.2, 0.25) is 5.04 Å². The Balaban J connectivity index is 2.61. The largest absolute Gasteiger partial charge is 0.287 e. The summed E-state index contributed by atoms with van der Waals surface area (Å²) in [6.45, 7) is 0. The highest BCUT2D eigenvalue weighted by Crippen LogP contribution is 2.43. The molecule has 0 saturated heterocycles. The van der Waals surface area contributed by atoms with Crippen molar-refractivity contribution in [2.24, 2.45) is 0 Å². The van der Waals surface area contributed by atoms with E-state index in [-0.39, 0.29) is 10.2 Å². The molecule has 0 aromatic heterocycles. The molecule has 3 radical (unpaired) electrons. The molecule has 1 aliphatic rings. The Morgan fingerprint density at radius 2 is 1.89 bits per heavy atom. The first-order valence-corrected chi connectivity index (χ1v) is 4.08. The van der Waals surface area contributed by atoms with Gasteiger partial charge in [-0.15, -0.1) is 12.6 Å². The minimum Gasteiger partial charge on any atom is -0.287 e. The maximum atomic E-state index is 10.8. The Labute approximate surface area is 64.0 Å². The van der Waals surface area contributed by atoms with Gasteiger partial charge in [-0.05, 0) is 12.8 Å². The SMILES string of the molecule is O=C(S)C1([Si])CCCC1. The van der Waals surface area contributed by atoms with E-state index in [0.29, 0.717) is 0 Å². The standard InChI is InChI=1S/C6H9OSSi/c7-5(8)6(9)3-1-2-4-6/h1-4H2,(H,7,8). The zero-order valence-electron chi connectivity index (χ0n) is 5.18. The predicted octanol–water partition coefficient (Wildman–Crippen LogP) is 1.34. The molecule has 3 heteroatoms. The molecular formula is C6H9OSSi. The second-order valence-electron chi connectivity index (χ2n) is 2.59. The Bertz CT molecular complexity index is 129. The van der Waals surface area contributed by atoms with E-state index in [1.165, 1.54) is 0 Å². The lowest BCUT2D eigenvalue weighted by Crippen LogP contribution is -2.15. The number of carbonyl (C=O) groups is 1. The maximum absolute atomic E-state index is 10.8. The lowest BCUT2D eigenvalue weighted by Gasteiger charge is -2.16. The fourth-order valence-corrected chi connectivity index (χ4v) is 1.77. The van der Waals surface area contributed by atoms with Crippen molar-refractivity contribution in [3.63, 3.8) is 0 Å². The third-order valence-corrected chi connectivity index (χ3v) is 3.23. The van der Waals surface area contributed by atoms with Crippen molar-refractivity contribution >= 4 is 28.0 Å². The molecule has 0 N–H and O–H groups in total. The van der Waals surface area contributed by atoms with Gasteiger partial charge in [0.25, 0.3) is 0 Å². The van der Waals surface area contributed by atoms with Crippen LogP contribution in [0.1, 0.15) is 25.7 Å². The average Bonchev–Trinajstić information content (AvgIpc) is 2.16. The van der Waals surface area contributed by atoms with E-state index in [2.05, 4.69) is 22.9 Å². The summed E-state index contributed by atoms with van der Waals surface area (Å²) in [7, 11) is 3.44. The molecule has 0 aromatic carbocycles. The molecule has 49 valence electrons. The van der Waals surface area contributed by atoms with Gasteiger partial charge in [-0.1, -0.05) is 12.8 Å². The molecule has 0 amide bonds. The van der Waals surface area contributed by atoms with Crippen LogP contribution in [0.25, 0.3) is 0 Å². The number of hydrogen-bond donors (Lipinski definition) is 1. The van der Waals surface area contributed by atoms with Crippen molar-refractivity contribution in [3.05, 3.63) is 0 Å². The lowest BCUT2D eigenvalue weighted by molar-refractivity contribution is -0.113. The minimum absolute atomic E-state index is 0.0170. The van der Waals surface area contributed by atoms with E-state index in [0.717, 1.165) is 25.7 Å². The molecule has 9 heavy (non-hydrogen) atoms. The van der Waals surface area contributed by atoms with Gasteiger partial charge in [-0.2, -0.15) is 0 Å². The summed E-state index contributed by atoms with van der Waals surface area (Å²) in [5.74, 6) is 0. The summed E-state index contributed by atoms with van der Waals surface area (Å²) in [5.41, 5.74) is 0. The molecule has 1 aliphatic carbocycles. The fourth-order valence-electron chi connectivity index (χ4n) is 1.19. The molecule has 0 spiro atoms. The second-order valence-corrected chi connectivity index (χ2v) is 3.96. The van der Waals surface area contributed by atoms with E-state index in [1.54, 1.807) is 0 Å². The zero-order valence-corrected chi connectivity index (χ0v) is 7.08. The number of thiol groups is 1. The van der Waals surface area contributed by atoms with Crippen molar-refractivity contribution in [1.82, 2.24) is 0 Å². The summed E-state index contributed by atoms with van der Waals surface area (Å²) >= 11 is 3.79. The Kier molecular flexibility index (Phi) is 2.01. The minimum atomic E-state index is -0.275. The molecule has 0 atom stereocenters. The summed E-state index contributed by atoms with van der Waals surface area (Å²) in [5, 5.41) is -0.292. The van der Waals surface area contributed by atoms with Crippen molar-refractivity contribution in [2.45, 2.75) is 30.7 Å². The van der Waals surface area contributed by atoms with Gasteiger partial charge in [0.15, 0.2) is 5.12 Å². The van der Waals surface area contributed by atoms with Crippen LogP contribution in [0.3, 0.4) is 0 Å². The molecule has 0 unspecified atom stereocenters. The third kappa shape index (κ3) is 1.38. The number of carbonyl (C=O) groups excluding carboxylic acids is 1. The average molecular weight is 157 g/mol. The Morgan fingerprint density at radius 3 is 2.11 bits per heavy atom. The lowest BCUT2D eigenvalue weighted by atomic mass is 10.1. The van der Waals surface area contributed by atoms with Crippen LogP contribution in [0.5, 0.6) is 0 Å². The van der Waals surface area contributed by atoms with Gasteiger partial charge < -0.3 is 0 Å². The monoisotopic (exact) mass is 157 g/mol. The first-order valence-electron chi connectivity index (χ1n) is 3.13. The summed E-state index contributed by atoms with van der Waals surface area (Å²) in [6, 6.07) is 0. The van der Waals surface area contributed by atoms with Crippen molar-refractivity contribution in [2.75, 3.05) is 0 Å². The van der Waals surface area contributed by atoms with Gasteiger partial charge >= 0.3 is 0 Å². The smallest absolute Gasteiger partial charge is 0.188 e. The summed E-state index contributed by atoms with van der Waals surface area (Å²) in [6.07, 6.45) is 4.20. The molecule has 1 saturated carbocycles. The topological polar surface area (TPSA) is 17.1 Å². The van der Waals surface area contributed by atoms with Gasteiger partial charge in [0.2, 0.25) is 0 Å². The van der Waals surface area contributed by atoms with Crippen LogP contribution in [0.4, 0.5) is 0 Å². The van der Waals surface area contributed by atoms with Crippen LogP contribution >= 0.6 is 12.6 Å². The normalized spacial score (nSPS) is 24.2. The third-order valence-electron chi connectivity index (χ3n) is 1.87. The Hall–Kier alpha value is 0.237.